The van der Waals surface area contributed by atoms with Crippen LogP contribution in [0.3, 0.4) is 0 Å². The number of nitrogens with zero attached hydrogens (tertiary/aromatic N) is 3. The summed E-state index contributed by atoms with van der Waals surface area (Å²) in [6.07, 6.45) is 1.81. The van der Waals surface area contributed by atoms with Gasteiger partial charge in [0.1, 0.15) is 5.69 Å². The van der Waals surface area contributed by atoms with Gasteiger partial charge in [0.25, 0.3) is 0 Å². The van der Waals surface area contributed by atoms with E-state index in [4.69, 9.17) is 12.2 Å². The van der Waals surface area contributed by atoms with Crippen molar-refractivity contribution < 1.29 is 4.79 Å². The summed E-state index contributed by atoms with van der Waals surface area (Å²) in [7, 11) is 0. The van der Waals surface area contributed by atoms with Crippen LogP contribution in [0.25, 0.3) is 16.9 Å². The number of imidazole rings is 1. The second-order valence-electron chi connectivity index (χ2n) is 6.35. The van der Waals surface area contributed by atoms with Crippen molar-refractivity contribution in [2.24, 2.45) is 11.0 Å². The lowest BCUT2D eigenvalue weighted by Crippen LogP contribution is -2.05. The van der Waals surface area contributed by atoms with Crippen LogP contribution < -0.4 is 0 Å². The van der Waals surface area contributed by atoms with E-state index in [-0.39, 0.29) is 11.7 Å². The largest absolute Gasteiger partial charge is 0.287 e. The molecule has 4 rings (SSSR count). The number of carbonyl (C=O) groups is 1. The molecule has 0 saturated carbocycles. The number of rotatable bonds is 3. The fourth-order valence-corrected chi connectivity index (χ4v) is 3.42. The van der Waals surface area contributed by atoms with Crippen molar-refractivity contribution in [1.29, 1.82) is 0 Å². The van der Waals surface area contributed by atoms with Gasteiger partial charge in [-0.15, -0.1) is 0 Å². The maximum Gasteiger partial charge on any atom is 0.214 e. The summed E-state index contributed by atoms with van der Waals surface area (Å²) in [4.78, 5) is 13.0. The molecule has 25 heavy (non-hydrogen) atoms. The zero-order valence-corrected chi connectivity index (χ0v) is 14.8. The zero-order valence-electron chi connectivity index (χ0n) is 14.0. The van der Waals surface area contributed by atoms with E-state index in [1.165, 1.54) is 0 Å². The molecule has 4 nitrogen and oxygen atoms in total. The molecule has 0 saturated heterocycles. The van der Waals surface area contributed by atoms with Crippen LogP contribution in [0, 0.1) is 10.7 Å². The van der Waals surface area contributed by atoms with Crippen LogP contribution in [0.4, 0.5) is 0 Å². The molecular weight excluding hydrogens is 330 g/mol. The van der Waals surface area contributed by atoms with Crippen molar-refractivity contribution in [2.75, 3.05) is 0 Å². The van der Waals surface area contributed by atoms with Crippen LogP contribution in [0.1, 0.15) is 29.9 Å². The Morgan fingerprint density at radius 1 is 0.960 bits per heavy atom. The molecule has 1 aliphatic carbocycles. The van der Waals surface area contributed by atoms with Gasteiger partial charge in [0.05, 0.1) is 5.69 Å². The summed E-state index contributed by atoms with van der Waals surface area (Å²) in [5.74, 6) is 0.226. The number of para-hydroxylation sites is 1. The molecular formula is C20H17N3OS. The molecule has 0 aliphatic heterocycles. The molecule has 0 unspecified atom stereocenters. The highest BCUT2D eigenvalue weighted by atomic mass is 32.1. The molecule has 0 N–H and O–H groups in total. The third-order valence-electron chi connectivity index (χ3n) is 4.17. The first-order valence-corrected chi connectivity index (χ1v) is 8.62. The summed E-state index contributed by atoms with van der Waals surface area (Å²) in [6.45, 7) is 4.08. The molecule has 1 heterocycles. The molecule has 2 aromatic carbocycles. The van der Waals surface area contributed by atoms with Gasteiger partial charge in [-0.3, -0.25) is 9.36 Å². The first kappa shape index (κ1) is 15.7. The molecule has 0 spiro atoms. The Bertz CT molecular complexity index is 1060. The average Bonchev–Trinajstić information content (AvgIpc) is 3.07. The standard InChI is InChI=1S/C20H17N3OS/c1-13(2)12-21-23-18-17(15-10-6-7-11-16(15)19(18)24)22(20(23)25)14-8-4-3-5-9-14/h3-13H,1-2H3/b21-12+. The zero-order chi connectivity index (χ0) is 17.6. The molecule has 1 aromatic heterocycles. The average molecular weight is 347 g/mol. The molecule has 0 fully saturated rings. The van der Waals surface area contributed by atoms with E-state index < -0.39 is 0 Å². The van der Waals surface area contributed by atoms with Gasteiger partial charge in [0.15, 0.2) is 0 Å². The minimum atomic E-state index is -0.0349. The molecule has 124 valence electrons. The minimum Gasteiger partial charge on any atom is -0.287 e. The normalized spacial score (nSPS) is 12.8. The lowest BCUT2D eigenvalue weighted by atomic mass is 10.1. The lowest BCUT2D eigenvalue weighted by Gasteiger charge is -2.07. The number of aromatic nitrogens is 2. The number of carbonyl (C=O) groups excluding carboxylic acids is 1. The summed E-state index contributed by atoms with van der Waals surface area (Å²) in [5, 5.41) is 4.50. The van der Waals surface area contributed by atoms with Gasteiger partial charge in [0.2, 0.25) is 10.6 Å². The SMILES string of the molecule is CC(C)/C=N/n1c2c(n(-c3ccccc3)c1=S)-c1ccccc1C2=O. The van der Waals surface area contributed by atoms with Crippen LogP contribution in [0.2, 0.25) is 0 Å². The predicted molar refractivity (Wildman–Crippen MR) is 102 cm³/mol. The fraction of sp³-hybridized carbons (Fsp3) is 0.150. The third-order valence-corrected chi connectivity index (χ3v) is 4.52. The van der Waals surface area contributed by atoms with Crippen LogP contribution >= 0.6 is 12.2 Å². The summed E-state index contributed by atoms with van der Waals surface area (Å²) in [6, 6.07) is 17.5. The van der Waals surface area contributed by atoms with E-state index in [9.17, 15) is 4.79 Å². The molecule has 0 amide bonds. The van der Waals surface area contributed by atoms with E-state index in [1.807, 2.05) is 79.2 Å². The number of hydrogen-bond donors (Lipinski definition) is 0. The van der Waals surface area contributed by atoms with Crippen molar-refractivity contribution in [3.05, 3.63) is 70.6 Å². The highest BCUT2D eigenvalue weighted by Gasteiger charge is 2.34. The van der Waals surface area contributed by atoms with Gasteiger partial charge < -0.3 is 0 Å². The number of hydrogen-bond acceptors (Lipinski definition) is 3. The summed E-state index contributed by atoms with van der Waals surface area (Å²) < 4.78 is 4.03. The Morgan fingerprint density at radius 3 is 2.28 bits per heavy atom. The Morgan fingerprint density at radius 2 is 1.60 bits per heavy atom. The first-order chi connectivity index (χ1) is 12.1. The maximum absolute atomic E-state index is 13.0. The Balaban J connectivity index is 2.08. The van der Waals surface area contributed by atoms with Gasteiger partial charge in [-0.1, -0.05) is 56.3 Å². The van der Waals surface area contributed by atoms with Gasteiger partial charge in [-0.05, 0) is 30.3 Å². The predicted octanol–water partition coefficient (Wildman–Crippen LogP) is 4.71. The topological polar surface area (TPSA) is 39.3 Å². The fourth-order valence-electron chi connectivity index (χ4n) is 3.08. The summed E-state index contributed by atoms with van der Waals surface area (Å²) >= 11 is 5.68. The molecule has 5 heteroatoms. The van der Waals surface area contributed by atoms with Gasteiger partial charge in [0, 0.05) is 23.0 Å². The van der Waals surface area contributed by atoms with Crippen molar-refractivity contribution in [3.8, 4) is 16.9 Å². The molecule has 0 bridgehead atoms. The Kier molecular flexibility index (Phi) is 3.73. The molecule has 1 aliphatic rings. The van der Waals surface area contributed by atoms with Crippen LogP contribution in [0.15, 0.2) is 59.7 Å². The second-order valence-corrected chi connectivity index (χ2v) is 6.71. The minimum absolute atomic E-state index is 0.0349. The van der Waals surface area contributed by atoms with E-state index in [1.54, 1.807) is 4.68 Å². The summed E-state index contributed by atoms with van der Waals surface area (Å²) in [5.41, 5.74) is 3.87. The van der Waals surface area contributed by atoms with E-state index in [0.29, 0.717) is 16.0 Å². The van der Waals surface area contributed by atoms with Crippen molar-refractivity contribution >= 4 is 24.2 Å². The van der Waals surface area contributed by atoms with Crippen molar-refractivity contribution in [2.45, 2.75) is 13.8 Å². The number of fused-ring (bicyclic) bond motifs is 3. The molecule has 3 aromatic rings. The van der Waals surface area contributed by atoms with Gasteiger partial charge in [-0.2, -0.15) is 5.10 Å². The third kappa shape index (κ3) is 2.39. The van der Waals surface area contributed by atoms with Crippen LogP contribution in [-0.2, 0) is 0 Å². The Hall–Kier alpha value is -2.79. The van der Waals surface area contributed by atoms with Gasteiger partial charge >= 0.3 is 0 Å². The van der Waals surface area contributed by atoms with E-state index in [0.717, 1.165) is 16.9 Å². The number of benzene rings is 2. The molecule has 0 radical (unpaired) electrons. The second kappa shape index (κ2) is 5.93. The van der Waals surface area contributed by atoms with E-state index >= 15 is 0 Å². The quantitative estimate of drug-likeness (QED) is 0.398. The smallest absolute Gasteiger partial charge is 0.214 e. The monoisotopic (exact) mass is 347 g/mol. The van der Waals surface area contributed by atoms with Crippen molar-refractivity contribution in [3.63, 3.8) is 0 Å². The van der Waals surface area contributed by atoms with E-state index in [2.05, 4.69) is 5.10 Å². The maximum atomic E-state index is 13.0. The van der Waals surface area contributed by atoms with Gasteiger partial charge in [-0.25, -0.2) is 4.68 Å². The van der Waals surface area contributed by atoms with Crippen molar-refractivity contribution in [1.82, 2.24) is 9.24 Å². The molecule has 0 atom stereocenters. The highest BCUT2D eigenvalue weighted by molar-refractivity contribution is 7.71. The van der Waals surface area contributed by atoms with Crippen LogP contribution in [0.5, 0.6) is 0 Å². The highest BCUT2D eigenvalue weighted by Crippen LogP contribution is 2.39. The first-order valence-electron chi connectivity index (χ1n) is 8.21. The lowest BCUT2D eigenvalue weighted by molar-refractivity contribution is 0.103. The van der Waals surface area contributed by atoms with Crippen LogP contribution in [-0.4, -0.2) is 21.2 Å². The number of ketones is 1. The Labute approximate surface area is 151 Å².